The number of H-pyrrole nitrogens is 1. The van der Waals surface area contributed by atoms with Crippen LogP contribution in [0, 0.1) is 0 Å². The van der Waals surface area contributed by atoms with E-state index in [0.29, 0.717) is 41.0 Å². The number of carbonyl (C=O) groups excluding carboxylic acids is 1. The lowest BCUT2D eigenvalue weighted by Gasteiger charge is -2.29. The Hall–Kier alpha value is -4.38. The third-order valence-corrected chi connectivity index (χ3v) is 6.28. The number of anilines is 2. The second kappa shape index (κ2) is 8.93. The number of hydrogen-bond acceptors (Lipinski definition) is 5. The third kappa shape index (κ3) is 4.49. The fourth-order valence-corrected chi connectivity index (χ4v) is 4.45. The zero-order valence-electron chi connectivity index (χ0n) is 19.4. The predicted molar refractivity (Wildman–Crippen MR) is 133 cm³/mol. The summed E-state index contributed by atoms with van der Waals surface area (Å²) in [6.07, 6.45) is -2.74. The van der Waals surface area contributed by atoms with Gasteiger partial charge in [-0.1, -0.05) is 24.3 Å². The first-order valence-electron chi connectivity index (χ1n) is 11.6. The van der Waals surface area contributed by atoms with E-state index in [1.165, 1.54) is 6.07 Å². The minimum atomic E-state index is -4.42. The van der Waals surface area contributed by atoms with E-state index in [1.807, 2.05) is 22.6 Å². The molecule has 1 aliphatic heterocycles. The molecule has 8 nitrogen and oxygen atoms in total. The molecule has 188 valence electrons. The minimum absolute atomic E-state index is 0.214. The van der Waals surface area contributed by atoms with Crippen LogP contribution in [0.4, 0.5) is 24.9 Å². The van der Waals surface area contributed by atoms with Gasteiger partial charge in [-0.25, -0.2) is 9.97 Å². The lowest BCUT2D eigenvalue weighted by atomic mass is 10.0. The summed E-state index contributed by atoms with van der Waals surface area (Å²) in [5.41, 5.74) is 2.32. The Bertz CT molecular complexity index is 1620. The van der Waals surface area contributed by atoms with Crippen LogP contribution in [0.1, 0.15) is 16.1 Å². The summed E-state index contributed by atoms with van der Waals surface area (Å²) in [5.74, 6) is 0.707. The third-order valence-electron chi connectivity index (χ3n) is 6.28. The quantitative estimate of drug-likeness (QED) is 0.359. The molecule has 1 saturated heterocycles. The van der Waals surface area contributed by atoms with Gasteiger partial charge in [0.2, 0.25) is 5.95 Å². The number of aromatic nitrogens is 4. The Balaban J connectivity index is 1.25. The number of morpholine rings is 1. The van der Waals surface area contributed by atoms with Crippen LogP contribution in [0.3, 0.4) is 0 Å². The highest BCUT2D eigenvalue weighted by Gasteiger charge is 2.30. The summed E-state index contributed by atoms with van der Waals surface area (Å²) in [5, 5.41) is 2.73. The molecule has 0 radical (unpaired) electrons. The number of alkyl halides is 3. The van der Waals surface area contributed by atoms with Crippen molar-refractivity contribution in [3.8, 4) is 11.1 Å². The molecule has 0 saturated carbocycles. The summed E-state index contributed by atoms with van der Waals surface area (Å²) in [6, 6.07) is 15.9. The molecule has 0 unspecified atom stereocenters. The molecule has 11 heteroatoms. The summed E-state index contributed by atoms with van der Waals surface area (Å²) in [6.45, 7) is 2.78. The average molecular weight is 506 g/mol. The predicted octanol–water partition coefficient (Wildman–Crippen LogP) is 4.99. The lowest BCUT2D eigenvalue weighted by molar-refractivity contribution is -0.137. The molecule has 0 atom stereocenters. The maximum Gasteiger partial charge on any atom is 0.416 e. The smallest absolute Gasteiger partial charge is 0.378 e. The fraction of sp³-hybridized carbons (Fsp3) is 0.192. The van der Waals surface area contributed by atoms with Gasteiger partial charge in [0.15, 0.2) is 0 Å². The Labute approximate surface area is 208 Å². The number of halogens is 3. The van der Waals surface area contributed by atoms with E-state index in [1.54, 1.807) is 30.5 Å². The van der Waals surface area contributed by atoms with Crippen LogP contribution in [-0.4, -0.2) is 51.6 Å². The number of nitrogens with one attached hydrogen (secondary N) is 2. The molecule has 2 N–H and O–H groups in total. The zero-order chi connectivity index (χ0) is 25.6. The number of fused-ring (bicyclic) bond motifs is 2. The van der Waals surface area contributed by atoms with Crippen molar-refractivity contribution in [2.24, 2.45) is 0 Å². The molecule has 4 heterocycles. The molecule has 0 spiro atoms. The molecule has 5 aromatic rings. The van der Waals surface area contributed by atoms with E-state index in [2.05, 4.69) is 25.2 Å². The lowest BCUT2D eigenvalue weighted by Crippen LogP contribution is -2.37. The van der Waals surface area contributed by atoms with Gasteiger partial charge in [-0.2, -0.15) is 13.2 Å². The van der Waals surface area contributed by atoms with E-state index in [-0.39, 0.29) is 11.6 Å². The van der Waals surface area contributed by atoms with Crippen LogP contribution in [0.5, 0.6) is 0 Å². The van der Waals surface area contributed by atoms with Crippen molar-refractivity contribution in [3.63, 3.8) is 0 Å². The van der Waals surface area contributed by atoms with Crippen LogP contribution < -0.4 is 10.2 Å². The first-order valence-corrected chi connectivity index (χ1v) is 11.6. The number of ether oxygens (including phenoxy) is 1. The van der Waals surface area contributed by atoms with Gasteiger partial charge < -0.3 is 14.6 Å². The summed E-state index contributed by atoms with van der Waals surface area (Å²) in [7, 11) is 0. The zero-order valence-corrected chi connectivity index (χ0v) is 19.4. The van der Waals surface area contributed by atoms with Gasteiger partial charge in [0.05, 0.1) is 29.8 Å². The first kappa shape index (κ1) is 23.0. The van der Waals surface area contributed by atoms with Crippen LogP contribution in [0.2, 0.25) is 0 Å². The molecule has 37 heavy (non-hydrogen) atoms. The summed E-state index contributed by atoms with van der Waals surface area (Å²) in [4.78, 5) is 27.0. The standard InChI is InChI=1S/C26H21F3N6O2/c27-26(28,29)18-4-1-3-16(13-18)17-7-8-19-20(14-17)32-25(31-19)33-24(36)21-15-35-22(30-21)5-2-6-23(35)34-9-11-37-12-10-34/h1-8,13-15H,9-12H2,(H2,31,32,33,36). The van der Waals surface area contributed by atoms with Crippen LogP contribution in [-0.2, 0) is 10.9 Å². The van der Waals surface area contributed by atoms with Crippen molar-refractivity contribution in [1.29, 1.82) is 0 Å². The number of amides is 1. The van der Waals surface area contributed by atoms with Crippen molar-refractivity contribution < 1.29 is 22.7 Å². The Morgan fingerprint density at radius 2 is 1.76 bits per heavy atom. The maximum atomic E-state index is 13.1. The van der Waals surface area contributed by atoms with Crippen molar-refractivity contribution in [1.82, 2.24) is 19.4 Å². The van der Waals surface area contributed by atoms with Crippen LogP contribution in [0.25, 0.3) is 27.8 Å². The maximum absolute atomic E-state index is 13.1. The van der Waals surface area contributed by atoms with E-state index in [4.69, 9.17) is 4.74 Å². The molecular weight excluding hydrogens is 485 g/mol. The highest BCUT2D eigenvalue weighted by molar-refractivity contribution is 6.03. The minimum Gasteiger partial charge on any atom is -0.378 e. The van der Waals surface area contributed by atoms with E-state index < -0.39 is 17.6 Å². The van der Waals surface area contributed by atoms with Gasteiger partial charge in [-0.05, 0) is 47.5 Å². The number of benzene rings is 2. The number of carbonyl (C=O) groups is 1. The van der Waals surface area contributed by atoms with Gasteiger partial charge in [-0.15, -0.1) is 0 Å². The molecule has 0 aliphatic carbocycles. The first-order chi connectivity index (χ1) is 17.8. The van der Waals surface area contributed by atoms with Crippen LogP contribution in [0.15, 0.2) is 66.9 Å². The van der Waals surface area contributed by atoms with Crippen LogP contribution >= 0.6 is 0 Å². The molecule has 6 rings (SSSR count). The topological polar surface area (TPSA) is 87.5 Å². The van der Waals surface area contributed by atoms with Crippen molar-refractivity contribution >= 4 is 34.4 Å². The normalized spacial score (nSPS) is 14.4. The Morgan fingerprint density at radius 3 is 2.57 bits per heavy atom. The average Bonchev–Trinajstić information content (AvgIpc) is 3.52. The van der Waals surface area contributed by atoms with E-state index >= 15 is 0 Å². The SMILES string of the molecule is O=C(Nc1nc2ccc(-c3cccc(C(F)(F)F)c3)cc2[nH]1)c1cn2c(N3CCOCC3)cccc2n1. The van der Waals surface area contributed by atoms with Gasteiger partial charge in [-0.3, -0.25) is 14.5 Å². The monoisotopic (exact) mass is 506 g/mol. The number of nitrogens with zero attached hydrogens (tertiary/aromatic N) is 4. The number of rotatable bonds is 4. The van der Waals surface area contributed by atoms with E-state index in [0.717, 1.165) is 31.0 Å². The second-order valence-corrected chi connectivity index (χ2v) is 8.69. The summed E-state index contributed by atoms with van der Waals surface area (Å²) >= 11 is 0. The van der Waals surface area contributed by atoms with Gasteiger partial charge in [0, 0.05) is 19.3 Å². The highest BCUT2D eigenvalue weighted by atomic mass is 19.4. The number of pyridine rings is 1. The molecular formula is C26H21F3N6O2. The molecule has 1 fully saturated rings. The fourth-order valence-electron chi connectivity index (χ4n) is 4.45. The van der Waals surface area contributed by atoms with Gasteiger partial charge >= 0.3 is 6.18 Å². The van der Waals surface area contributed by atoms with Crippen molar-refractivity contribution in [2.45, 2.75) is 6.18 Å². The largest absolute Gasteiger partial charge is 0.416 e. The molecule has 2 aromatic carbocycles. The Morgan fingerprint density at radius 1 is 0.973 bits per heavy atom. The van der Waals surface area contributed by atoms with Gasteiger partial charge in [0.25, 0.3) is 5.91 Å². The molecule has 1 aliphatic rings. The second-order valence-electron chi connectivity index (χ2n) is 8.69. The molecule has 1 amide bonds. The number of aromatic amines is 1. The highest BCUT2D eigenvalue weighted by Crippen LogP contribution is 2.33. The summed E-state index contributed by atoms with van der Waals surface area (Å²) < 4.78 is 46.7. The Kier molecular flexibility index (Phi) is 5.56. The van der Waals surface area contributed by atoms with E-state index in [9.17, 15) is 18.0 Å². The molecule has 0 bridgehead atoms. The van der Waals surface area contributed by atoms with Crippen molar-refractivity contribution in [3.05, 3.63) is 78.1 Å². The van der Waals surface area contributed by atoms with Gasteiger partial charge in [0.1, 0.15) is 17.2 Å². The number of imidazole rings is 2. The van der Waals surface area contributed by atoms with Crippen molar-refractivity contribution in [2.75, 3.05) is 36.5 Å². The number of hydrogen-bond donors (Lipinski definition) is 2. The molecule has 3 aromatic heterocycles.